The van der Waals surface area contributed by atoms with E-state index in [-0.39, 0.29) is 0 Å². The summed E-state index contributed by atoms with van der Waals surface area (Å²) in [6.45, 7) is 0. The van der Waals surface area contributed by atoms with Gasteiger partial charge in [0.05, 0.1) is 0 Å². The van der Waals surface area contributed by atoms with Gasteiger partial charge in [0.15, 0.2) is 5.00 Å². The van der Waals surface area contributed by atoms with Gasteiger partial charge in [0.2, 0.25) is 0 Å². The van der Waals surface area contributed by atoms with Crippen LogP contribution in [0.3, 0.4) is 0 Å². The van der Waals surface area contributed by atoms with Crippen LogP contribution in [-0.2, 0) is 0 Å². The highest BCUT2D eigenvalue weighted by Gasteiger charge is 2.27. The zero-order valence-electron chi connectivity index (χ0n) is 9.51. The van der Waals surface area contributed by atoms with E-state index in [2.05, 4.69) is 5.18 Å². The Balaban J connectivity index is 2.35. The first-order valence-electron chi connectivity index (χ1n) is 6.30. The zero-order valence-corrected chi connectivity index (χ0v) is 10.3. The van der Waals surface area contributed by atoms with Crippen LogP contribution in [0.1, 0.15) is 70.6 Å². The molecular formula is C12H22ClNO. The number of alkyl halides is 1. The van der Waals surface area contributed by atoms with E-state index in [0.29, 0.717) is 0 Å². The van der Waals surface area contributed by atoms with E-state index in [1.807, 2.05) is 0 Å². The molecule has 88 valence electrons. The van der Waals surface area contributed by atoms with Crippen molar-refractivity contribution in [3.05, 3.63) is 4.91 Å². The molecule has 1 aliphatic carbocycles. The number of nitrogens with zero attached hydrogens (tertiary/aromatic N) is 1. The van der Waals surface area contributed by atoms with Gasteiger partial charge in [-0.05, 0) is 30.9 Å². The van der Waals surface area contributed by atoms with Crippen LogP contribution in [0.5, 0.6) is 0 Å². The van der Waals surface area contributed by atoms with E-state index in [9.17, 15) is 4.91 Å². The predicted octanol–water partition coefficient (Wildman–Crippen LogP) is 4.99. The van der Waals surface area contributed by atoms with Gasteiger partial charge in [-0.1, -0.05) is 56.5 Å². The quantitative estimate of drug-likeness (QED) is 0.355. The van der Waals surface area contributed by atoms with Gasteiger partial charge in [-0.15, -0.1) is 4.91 Å². The molecule has 0 amide bonds. The van der Waals surface area contributed by atoms with Crippen molar-refractivity contribution in [2.45, 2.75) is 75.6 Å². The van der Waals surface area contributed by atoms with Crippen molar-refractivity contribution >= 4 is 11.6 Å². The average molecular weight is 232 g/mol. The van der Waals surface area contributed by atoms with Crippen molar-refractivity contribution in [1.82, 2.24) is 0 Å². The van der Waals surface area contributed by atoms with E-state index in [1.54, 1.807) is 0 Å². The molecule has 0 saturated heterocycles. The highest BCUT2D eigenvalue weighted by atomic mass is 35.5. The van der Waals surface area contributed by atoms with Gasteiger partial charge in [-0.3, -0.25) is 0 Å². The molecule has 0 aliphatic heterocycles. The van der Waals surface area contributed by atoms with Crippen LogP contribution < -0.4 is 0 Å². The van der Waals surface area contributed by atoms with Crippen molar-refractivity contribution in [1.29, 1.82) is 0 Å². The second-order valence-electron chi connectivity index (χ2n) is 4.69. The monoisotopic (exact) mass is 231 g/mol. The largest absolute Gasteiger partial charge is 0.175 e. The minimum Gasteiger partial charge on any atom is -0.149 e. The Hall–Kier alpha value is -0.110. The Kier molecular flexibility index (Phi) is 6.23. The zero-order chi connectivity index (χ0) is 11.0. The lowest BCUT2D eigenvalue weighted by molar-refractivity contribution is 0.431. The number of hydrogen-bond acceptors (Lipinski definition) is 2. The number of halogens is 1. The van der Waals surface area contributed by atoms with Gasteiger partial charge in [0.1, 0.15) is 0 Å². The van der Waals surface area contributed by atoms with E-state index in [0.717, 1.165) is 25.7 Å². The van der Waals surface area contributed by atoms with Gasteiger partial charge in [-0.2, -0.15) is 0 Å². The molecule has 0 aromatic rings. The van der Waals surface area contributed by atoms with Crippen LogP contribution >= 0.6 is 11.6 Å². The first-order chi connectivity index (χ1) is 7.27. The summed E-state index contributed by atoms with van der Waals surface area (Å²) in [5.41, 5.74) is 0. The van der Waals surface area contributed by atoms with Crippen LogP contribution in [0, 0.1) is 4.91 Å². The lowest BCUT2D eigenvalue weighted by Crippen LogP contribution is -2.17. The molecule has 15 heavy (non-hydrogen) atoms. The molecule has 2 nitrogen and oxygen atoms in total. The molecule has 0 unspecified atom stereocenters. The molecular weight excluding hydrogens is 210 g/mol. The molecule has 1 rings (SSSR count). The summed E-state index contributed by atoms with van der Waals surface area (Å²) in [6, 6.07) is 0. The van der Waals surface area contributed by atoms with Crippen LogP contribution in [0.25, 0.3) is 0 Å². The maximum Gasteiger partial charge on any atom is 0.175 e. The predicted molar refractivity (Wildman–Crippen MR) is 65.2 cm³/mol. The number of nitroso groups, excluding NO2 is 1. The summed E-state index contributed by atoms with van der Waals surface area (Å²) in [6.07, 6.45) is 12.6. The molecule has 0 N–H and O–H groups in total. The van der Waals surface area contributed by atoms with E-state index in [1.165, 1.54) is 44.9 Å². The van der Waals surface area contributed by atoms with Gasteiger partial charge >= 0.3 is 0 Å². The molecule has 0 aromatic heterocycles. The third-order valence-electron chi connectivity index (χ3n) is 3.28. The van der Waals surface area contributed by atoms with Crippen molar-refractivity contribution in [2.24, 2.45) is 5.18 Å². The second kappa shape index (κ2) is 7.21. The van der Waals surface area contributed by atoms with Crippen LogP contribution in [-0.4, -0.2) is 5.00 Å². The lowest BCUT2D eigenvalue weighted by atomic mass is 9.98. The molecule has 1 saturated carbocycles. The van der Waals surface area contributed by atoms with Crippen molar-refractivity contribution in [3.63, 3.8) is 0 Å². The Morgan fingerprint density at radius 1 is 0.733 bits per heavy atom. The van der Waals surface area contributed by atoms with Gasteiger partial charge in [-0.25, -0.2) is 0 Å². The Bertz CT molecular complexity index is 172. The SMILES string of the molecule is O=NC1(Cl)CCCCCCCCCCC1. The molecule has 3 heteroatoms. The van der Waals surface area contributed by atoms with Crippen LogP contribution in [0.15, 0.2) is 5.18 Å². The number of hydrogen-bond donors (Lipinski definition) is 0. The smallest absolute Gasteiger partial charge is 0.149 e. The Morgan fingerprint density at radius 3 is 1.40 bits per heavy atom. The van der Waals surface area contributed by atoms with E-state index in [4.69, 9.17) is 11.6 Å². The van der Waals surface area contributed by atoms with E-state index < -0.39 is 5.00 Å². The van der Waals surface area contributed by atoms with Gasteiger partial charge in [0.25, 0.3) is 0 Å². The summed E-state index contributed by atoms with van der Waals surface area (Å²) >= 11 is 6.18. The topological polar surface area (TPSA) is 29.4 Å². The average Bonchev–Trinajstić information content (AvgIpc) is 2.23. The summed E-state index contributed by atoms with van der Waals surface area (Å²) < 4.78 is 0. The fourth-order valence-electron chi connectivity index (χ4n) is 2.25. The Labute approximate surface area is 97.7 Å². The summed E-state index contributed by atoms with van der Waals surface area (Å²) in [7, 11) is 0. The van der Waals surface area contributed by atoms with Crippen molar-refractivity contribution in [2.75, 3.05) is 0 Å². The van der Waals surface area contributed by atoms with Crippen molar-refractivity contribution < 1.29 is 0 Å². The fraction of sp³-hybridized carbons (Fsp3) is 1.00. The molecule has 0 bridgehead atoms. The third-order valence-corrected chi connectivity index (χ3v) is 3.73. The summed E-state index contributed by atoms with van der Waals surface area (Å²) in [5.74, 6) is 0. The van der Waals surface area contributed by atoms with Crippen LogP contribution in [0.4, 0.5) is 0 Å². The Morgan fingerprint density at radius 2 is 1.07 bits per heavy atom. The molecule has 0 aromatic carbocycles. The molecule has 0 spiro atoms. The number of rotatable bonds is 1. The lowest BCUT2D eigenvalue weighted by Gasteiger charge is -2.19. The third kappa shape index (κ3) is 5.50. The maximum absolute atomic E-state index is 10.7. The molecule has 1 fully saturated rings. The molecule has 0 atom stereocenters. The molecule has 0 heterocycles. The maximum atomic E-state index is 10.7. The van der Waals surface area contributed by atoms with Crippen LogP contribution in [0.2, 0.25) is 0 Å². The van der Waals surface area contributed by atoms with Crippen molar-refractivity contribution in [3.8, 4) is 0 Å². The fourth-order valence-corrected chi connectivity index (χ4v) is 2.51. The molecule has 0 radical (unpaired) electrons. The normalized spacial score (nSPS) is 24.9. The summed E-state index contributed by atoms with van der Waals surface area (Å²) in [4.78, 5) is 9.92. The highest BCUT2D eigenvalue weighted by Crippen LogP contribution is 2.31. The minimum absolute atomic E-state index is 0.762. The molecule has 1 aliphatic rings. The van der Waals surface area contributed by atoms with Gasteiger partial charge < -0.3 is 0 Å². The first-order valence-corrected chi connectivity index (χ1v) is 6.68. The standard InChI is InChI=1S/C12H22ClNO/c13-12(14-15)10-8-6-4-2-1-3-5-7-9-11-12/h1-11H2. The first kappa shape index (κ1) is 13.0. The summed E-state index contributed by atoms with van der Waals surface area (Å²) in [5, 5.41) is 3.12. The second-order valence-corrected chi connectivity index (χ2v) is 5.39. The minimum atomic E-state index is -0.792. The highest BCUT2D eigenvalue weighted by molar-refractivity contribution is 6.23. The van der Waals surface area contributed by atoms with Gasteiger partial charge in [0, 0.05) is 0 Å². The van der Waals surface area contributed by atoms with E-state index >= 15 is 0 Å².